The first-order valence-electron chi connectivity index (χ1n) is 9.21. The van der Waals surface area contributed by atoms with Crippen molar-refractivity contribution in [2.75, 3.05) is 0 Å². The van der Waals surface area contributed by atoms with E-state index in [2.05, 4.69) is 20.8 Å². The summed E-state index contributed by atoms with van der Waals surface area (Å²) >= 11 is 0. The Labute approximate surface area is 132 Å². The SMILES string of the molecule is CCC(CCCCCCCCCCC(C)C(C)C)C(=O)O. The van der Waals surface area contributed by atoms with Gasteiger partial charge in [0.2, 0.25) is 0 Å². The molecule has 126 valence electrons. The minimum atomic E-state index is -0.617. The van der Waals surface area contributed by atoms with Gasteiger partial charge in [-0.1, -0.05) is 85.5 Å². The highest BCUT2D eigenvalue weighted by molar-refractivity contribution is 5.69. The Bertz CT molecular complexity index is 248. The minimum Gasteiger partial charge on any atom is -0.481 e. The normalized spacial score (nSPS) is 14.3. The maximum absolute atomic E-state index is 10.9. The van der Waals surface area contributed by atoms with E-state index in [0.717, 1.165) is 31.1 Å². The van der Waals surface area contributed by atoms with Gasteiger partial charge in [0, 0.05) is 0 Å². The number of hydrogen-bond donors (Lipinski definition) is 1. The molecule has 0 rings (SSSR count). The molecule has 0 amide bonds. The van der Waals surface area contributed by atoms with Gasteiger partial charge in [-0.05, 0) is 24.7 Å². The molecular weight excluding hydrogens is 260 g/mol. The molecule has 0 heterocycles. The fourth-order valence-electron chi connectivity index (χ4n) is 2.75. The molecule has 2 unspecified atom stereocenters. The largest absolute Gasteiger partial charge is 0.481 e. The Morgan fingerprint density at radius 3 is 1.62 bits per heavy atom. The first-order valence-corrected chi connectivity index (χ1v) is 9.21. The molecule has 0 saturated heterocycles. The zero-order chi connectivity index (χ0) is 16.1. The van der Waals surface area contributed by atoms with Crippen molar-refractivity contribution >= 4 is 5.97 Å². The molecule has 2 atom stereocenters. The van der Waals surface area contributed by atoms with Crippen LogP contribution in [0.2, 0.25) is 0 Å². The highest BCUT2D eigenvalue weighted by atomic mass is 16.4. The molecule has 0 aliphatic heterocycles. The maximum Gasteiger partial charge on any atom is 0.306 e. The summed E-state index contributed by atoms with van der Waals surface area (Å²) in [5.41, 5.74) is 0. The van der Waals surface area contributed by atoms with Crippen molar-refractivity contribution in [1.29, 1.82) is 0 Å². The van der Waals surface area contributed by atoms with Crippen molar-refractivity contribution in [2.24, 2.45) is 17.8 Å². The molecule has 0 aromatic heterocycles. The Kier molecular flexibility index (Phi) is 12.8. The molecule has 0 aliphatic rings. The third-order valence-electron chi connectivity index (χ3n) is 4.94. The number of aliphatic carboxylic acids is 1. The van der Waals surface area contributed by atoms with Crippen LogP contribution >= 0.6 is 0 Å². The van der Waals surface area contributed by atoms with Crippen LogP contribution in [0.1, 0.15) is 98.3 Å². The summed E-state index contributed by atoms with van der Waals surface area (Å²) in [6.45, 7) is 8.97. The molecule has 1 N–H and O–H groups in total. The van der Waals surface area contributed by atoms with Gasteiger partial charge in [-0.15, -0.1) is 0 Å². The van der Waals surface area contributed by atoms with Crippen molar-refractivity contribution in [2.45, 2.75) is 98.3 Å². The summed E-state index contributed by atoms with van der Waals surface area (Å²) in [5.74, 6) is 0.953. The van der Waals surface area contributed by atoms with Crippen LogP contribution in [-0.4, -0.2) is 11.1 Å². The van der Waals surface area contributed by atoms with Gasteiger partial charge >= 0.3 is 5.97 Å². The van der Waals surface area contributed by atoms with E-state index < -0.39 is 5.97 Å². The average molecular weight is 299 g/mol. The van der Waals surface area contributed by atoms with Crippen LogP contribution in [0.4, 0.5) is 0 Å². The van der Waals surface area contributed by atoms with Gasteiger partial charge in [-0.25, -0.2) is 0 Å². The van der Waals surface area contributed by atoms with E-state index in [-0.39, 0.29) is 5.92 Å². The molecule has 0 aliphatic carbocycles. The van der Waals surface area contributed by atoms with Gasteiger partial charge in [0.25, 0.3) is 0 Å². The van der Waals surface area contributed by atoms with Crippen LogP contribution in [0, 0.1) is 17.8 Å². The second-order valence-electron chi connectivity index (χ2n) is 7.07. The highest BCUT2D eigenvalue weighted by Crippen LogP contribution is 2.19. The zero-order valence-corrected chi connectivity index (χ0v) is 14.9. The van der Waals surface area contributed by atoms with Crippen molar-refractivity contribution < 1.29 is 9.90 Å². The summed E-state index contributed by atoms with van der Waals surface area (Å²) in [6.07, 6.45) is 13.4. The summed E-state index contributed by atoms with van der Waals surface area (Å²) in [6, 6.07) is 0. The molecular formula is C19H38O2. The van der Waals surface area contributed by atoms with E-state index in [1.165, 1.54) is 51.4 Å². The van der Waals surface area contributed by atoms with Gasteiger partial charge in [0.1, 0.15) is 0 Å². The Morgan fingerprint density at radius 2 is 1.24 bits per heavy atom. The molecule has 0 aromatic rings. The molecule has 21 heavy (non-hydrogen) atoms. The second kappa shape index (κ2) is 13.2. The molecule has 2 heteroatoms. The number of carboxylic acids is 1. The number of hydrogen-bond acceptors (Lipinski definition) is 1. The van der Waals surface area contributed by atoms with Gasteiger partial charge in [-0.3, -0.25) is 4.79 Å². The van der Waals surface area contributed by atoms with E-state index in [4.69, 9.17) is 5.11 Å². The standard InChI is InChI=1S/C19H38O2/c1-5-18(19(20)21)15-13-11-9-7-6-8-10-12-14-17(4)16(2)3/h16-18H,5-15H2,1-4H3,(H,20,21). The van der Waals surface area contributed by atoms with E-state index >= 15 is 0 Å². The van der Waals surface area contributed by atoms with Crippen LogP contribution in [0.5, 0.6) is 0 Å². The average Bonchev–Trinajstić information content (AvgIpc) is 2.44. The first kappa shape index (κ1) is 20.5. The predicted octanol–water partition coefficient (Wildman–Crippen LogP) is 6.29. The van der Waals surface area contributed by atoms with Crippen LogP contribution < -0.4 is 0 Å². The van der Waals surface area contributed by atoms with Crippen molar-refractivity contribution in [3.05, 3.63) is 0 Å². The quantitative estimate of drug-likeness (QED) is 0.383. The van der Waals surface area contributed by atoms with Gasteiger partial charge in [0.05, 0.1) is 5.92 Å². The van der Waals surface area contributed by atoms with Crippen LogP contribution in [0.25, 0.3) is 0 Å². The van der Waals surface area contributed by atoms with E-state index in [9.17, 15) is 4.79 Å². The molecule has 2 nitrogen and oxygen atoms in total. The van der Waals surface area contributed by atoms with E-state index in [1.54, 1.807) is 0 Å². The Hall–Kier alpha value is -0.530. The van der Waals surface area contributed by atoms with Crippen molar-refractivity contribution in [3.63, 3.8) is 0 Å². The van der Waals surface area contributed by atoms with Gasteiger partial charge in [-0.2, -0.15) is 0 Å². The predicted molar refractivity (Wildman–Crippen MR) is 91.6 cm³/mol. The molecule has 0 spiro atoms. The molecule has 0 aromatic carbocycles. The lowest BCUT2D eigenvalue weighted by atomic mass is 9.92. The van der Waals surface area contributed by atoms with Crippen molar-refractivity contribution in [3.8, 4) is 0 Å². The number of carbonyl (C=O) groups is 1. The second-order valence-corrected chi connectivity index (χ2v) is 7.07. The van der Waals surface area contributed by atoms with Crippen molar-refractivity contribution in [1.82, 2.24) is 0 Å². The zero-order valence-electron chi connectivity index (χ0n) is 14.9. The molecule has 0 saturated carbocycles. The molecule has 0 bridgehead atoms. The fourth-order valence-corrected chi connectivity index (χ4v) is 2.75. The van der Waals surface area contributed by atoms with Crippen LogP contribution in [0.15, 0.2) is 0 Å². The summed E-state index contributed by atoms with van der Waals surface area (Å²) in [7, 11) is 0. The van der Waals surface area contributed by atoms with Crippen LogP contribution in [-0.2, 0) is 4.79 Å². The highest BCUT2D eigenvalue weighted by Gasteiger charge is 2.13. The third kappa shape index (κ3) is 11.8. The number of rotatable bonds is 14. The smallest absolute Gasteiger partial charge is 0.306 e. The monoisotopic (exact) mass is 298 g/mol. The topological polar surface area (TPSA) is 37.3 Å². The lowest BCUT2D eigenvalue weighted by Gasteiger charge is -2.14. The molecule has 0 fully saturated rings. The summed E-state index contributed by atoms with van der Waals surface area (Å²) in [4.78, 5) is 10.9. The lowest BCUT2D eigenvalue weighted by molar-refractivity contribution is -0.142. The first-order chi connectivity index (χ1) is 9.99. The van der Waals surface area contributed by atoms with E-state index in [0.29, 0.717) is 0 Å². The summed E-state index contributed by atoms with van der Waals surface area (Å²) < 4.78 is 0. The number of carboxylic acid groups (broad SMARTS) is 1. The van der Waals surface area contributed by atoms with Crippen LogP contribution in [0.3, 0.4) is 0 Å². The third-order valence-corrected chi connectivity index (χ3v) is 4.94. The van der Waals surface area contributed by atoms with Gasteiger partial charge < -0.3 is 5.11 Å². The Morgan fingerprint density at radius 1 is 0.810 bits per heavy atom. The lowest BCUT2D eigenvalue weighted by Crippen LogP contribution is -2.12. The Balaban J connectivity index is 3.28. The maximum atomic E-state index is 10.9. The number of unbranched alkanes of at least 4 members (excludes halogenated alkanes) is 7. The minimum absolute atomic E-state index is 0.118. The van der Waals surface area contributed by atoms with E-state index in [1.807, 2.05) is 6.92 Å². The molecule has 0 radical (unpaired) electrons. The van der Waals surface area contributed by atoms with Gasteiger partial charge in [0.15, 0.2) is 0 Å². The summed E-state index contributed by atoms with van der Waals surface area (Å²) in [5, 5.41) is 8.97. The fraction of sp³-hybridized carbons (Fsp3) is 0.947.